The zero-order valence-electron chi connectivity index (χ0n) is 16.7. The van der Waals surface area contributed by atoms with Crippen molar-refractivity contribution in [2.45, 2.75) is 90.6 Å². The summed E-state index contributed by atoms with van der Waals surface area (Å²) in [7, 11) is 0. The maximum atomic E-state index is 10.7. The largest absolute Gasteiger partial charge is 0.396 e. The van der Waals surface area contributed by atoms with E-state index in [4.69, 9.17) is 0 Å². The molecule has 0 aromatic heterocycles. The Hall–Kier alpha value is -0.0800. The van der Waals surface area contributed by atoms with Gasteiger partial charge in [-0.15, -0.1) is 0 Å². The summed E-state index contributed by atoms with van der Waals surface area (Å²) in [5, 5.41) is 20.4. The summed E-state index contributed by atoms with van der Waals surface area (Å²) in [5.74, 6) is 5.61. The van der Waals surface area contributed by atoms with E-state index < -0.39 is 5.60 Å². The van der Waals surface area contributed by atoms with Gasteiger partial charge in [0.25, 0.3) is 0 Å². The molecule has 4 fully saturated rings. The first-order valence-corrected chi connectivity index (χ1v) is 11.2. The van der Waals surface area contributed by atoms with Crippen LogP contribution in [0.2, 0.25) is 0 Å². The van der Waals surface area contributed by atoms with Crippen LogP contribution in [0.5, 0.6) is 0 Å². The molecule has 0 bridgehead atoms. The number of hydrogen-bond acceptors (Lipinski definition) is 2. The number of fused-ring (bicyclic) bond motifs is 5. The minimum absolute atomic E-state index is 0.362. The smallest absolute Gasteiger partial charge is 0.0622 e. The summed E-state index contributed by atoms with van der Waals surface area (Å²) < 4.78 is 0. The summed E-state index contributed by atoms with van der Waals surface area (Å²) in [6, 6.07) is 0. The van der Waals surface area contributed by atoms with Gasteiger partial charge in [-0.05, 0) is 112 Å². The van der Waals surface area contributed by atoms with E-state index in [9.17, 15) is 10.2 Å². The van der Waals surface area contributed by atoms with Gasteiger partial charge in [-0.2, -0.15) is 0 Å². The SMILES string of the molecule is CC(CO)[C@H]1CC[C@H]2[C@@H]3CC[C@@H]4C[C@](C)(O)CCC[C@@H]4[C@H]3CC[C@]12C. The quantitative estimate of drug-likeness (QED) is 0.735. The van der Waals surface area contributed by atoms with Gasteiger partial charge in [0.1, 0.15) is 0 Å². The monoisotopic (exact) mass is 348 g/mol. The molecule has 144 valence electrons. The highest BCUT2D eigenvalue weighted by Gasteiger charge is 2.57. The Balaban J connectivity index is 1.54. The lowest BCUT2D eigenvalue weighted by Crippen LogP contribution is -2.48. The van der Waals surface area contributed by atoms with Crippen LogP contribution in [-0.2, 0) is 0 Å². The predicted octanol–water partition coefficient (Wildman–Crippen LogP) is 5.02. The first-order valence-electron chi connectivity index (χ1n) is 11.2. The fourth-order valence-corrected chi connectivity index (χ4v) is 8.43. The van der Waals surface area contributed by atoms with E-state index in [0.29, 0.717) is 17.9 Å². The Morgan fingerprint density at radius 2 is 1.72 bits per heavy atom. The van der Waals surface area contributed by atoms with Crippen LogP contribution in [0.1, 0.15) is 85.0 Å². The Morgan fingerprint density at radius 1 is 0.920 bits per heavy atom. The predicted molar refractivity (Wildman–Crippen MR) is 102 cm³/mol. The first kappa shape index (κ1) is 18.3. The van der Waals surface area contributed by atoms with Crippen molar-refractivity contribution >= 4 is 0 Å². The van der Waals surface area contributed by atoms with Gasteiger partial charge < -0.3 is 10.2 Å². The number of rotatable bonds is 2. The van der Waals surface area contributed by atoms with Gasteiger partial charge in [0.2, 0.25) is 0 Å². The molecule has 0 spiro atoms. The summed E-state index contributed by atoms with van der Waals surface area (Å²) >= 11 is 0. The van der Waals surface area contributed by atoms with Crippen LogP contribution < -0.4 is 0 Å². The molecule has 4 aliphatic carbocycles. The maximum Gasteiger partial charge on any atom is 0.0622 e. The third kappa shape index (κ3) is 3.00. The van der Waals surface area contributed by atoms with Crippen LogP contribution in [0.3, 0.4) is 0 Å². The molecule has 4 rings (SSSR count). The average molecular weight is 349 g/mol. The highest BCUT2D eigenvalue weighted by Crippen LogP contribution is 2.65. The Labute approximate surface area is 154 Å². The number of hydrogen-bond donors (Lipinski definition) is 2. The van der Waals surface area contributed by atoms with Crippen molar-refractivity contribution < 1.29 is 10.2 Å². The molecule has 0 aromatic carbocycles. The molecule has 0 aromatic rings. The molecule has 4 saturated carbocycles. The molecule has 2 N–H and O–H groups in total. The molecule has 0 aliphatic heterocycles. The van der Waals surface area contributed by atoms with Gasteiger partial charge in [-0.3, -0.25) is 0 Å². The van der Waals surface area contributed by atoms with Crippen LogP contribution in [-0.4, -0.2) is 22.4 Å². The second-order valence-electron chi connectivity index (χ2n) is 10.9. The molecule has 0 amide bonds. The van der Waals surface area contributed by atoms with Crippen LogP contribution in [0.4, 0.5) is 0 Å². The lowest BCUT2D eigenvalue weighted by atomic mass is 9.50. The molecule has 0 heterocycles. The van der Waals surface area contributed by atoms with Gasteiger partial charge in [-0.1, -0.05) is 20.3 Å². The van der Waals surface area contributed by atoms with E-state index in [1.54, 1.807) is 0 Å². The van der Waals surface area contributed by atoms with Crippen molar-refractivity contribution in [3.63, 3.8) is 0 Å². The number of aliphatic hydroxyl groups excluding tert-OH is 1. The molecule has 25 heavy (non-hydrogen) atoms. The normalized spacial score (nSPS) is 54.1. The van der Waals surface area contributed by atoms with E-state index in [0.717, 1.165) is 48.3 Å². The van der Waals surface area contributed by atoms with Gasteiger partial charge >= 0.3 is 0 Å². The van der Waals surface area contributed by atoms with Crippen molar-refractivity contribution in [2.75, 3.05) is 6.61 Å². The summed E-state index contributed by atoms with van der Waals surface area (Å²) in [4.78, 5) is 0. The minimum Gasteiger partial charge on any atom is -0.396 e. The summed E-state index contributed by atoms with van der Waals surface area (Å²) in [5.41, 5.74) is 0.0663. The van der Waals surface area contributed by atoms with E-state index >= 15 is 0 Å². The second-order valence-corrected chi connectivity index (χ2v) is 10.9. The molecule has 2 heteroatoms. The van der Waals surface area contributed by atoms with Crippen molar-refractivity contribution in [1.82, 2.24) is 0 Å². The fraction of sp³-hybridized carbons (Fsp3) is 1.00. The molecule has 1 unspecified atom stereocenters. The van der Waals surface area contributed by atoms with Crippen LogP contribution in [0, 0.1) is 46.8 Å². The Morgan fingerprint density at radius 3 is 2.48 bits per heavy atom. The molecule has 0 radical (unpaired) electrons. The fourth-order valence-electron chi connectivity index (χ4n) is 8.43. The zero-order chi connectivity index (χ0) is 17.8. The Bertz CT molecular complexity index is 486. The molecule has 2 nitrogen and oxygen atoms in total. The van der Waals surface area contributed by atoms with Crippen molar-refractivity contribution in [2.24, 2.45) is 46.8 Å². The van der Waals surface area contributed by atoms with E-state index in [1.165, 1.54) is 51.4 Å². The first-order chi connectivity index (χ1) is 11.9. The standard InChI is InChI=1S/C23H40O2/c1-15(14-24)20-8-9-21-19-7-6-16-13-22(2,25)11-4-5-17(16)18(19)10-12-23(20,21)3/h15-21,24-25H,4-14H2,1-3H3/t15?,16-,17+,18-,19-,20-,21+,22-,23-/m1/s1. The third-order valence-electron chi connectivity index (χ3n) is 9.52. The van der Waals surface area contributed by atoms with E-state index in [2.05, 4.69) is 20.8 Å². The highest BCUT2D eigenvalue weighted by molar-refractivity contribution is 5.06. The van der Waals surface area contributed by atoms with Crippen LogP contribution in [0.15, 0.2) is 0 Å². The van der Waals surface area contributed by atoms with Crippen LogP contribution in [0.25, 0.3) is 0 Å². The van der Waals surface area contributed by atoms with Crippen molar-refractivity contribution in [3.8, 4) is 0 Å². The molecule has 0 saturated heterocycles. The lowest BCUT2D eigenvalue weighted by molar-refractivity contribution is -0.0710. The third-order valence-corrected chi connectivity index (χ3v) is 9.52. The summed E-state index contributed by atoms with van der Waals surface area (Å²) in [6.45, 7) is 7.29. The van der Waals surface area contributed by atoms with Crippen LogP contribution >= 0.6 is 0 Å². The topological polar surface area (TPSA) is 40.5 Å². The molecular formula is C23H40O2. The minimum atomic E-state index is -0.412. The molecule has 9 atom stereocenters. The van der Waals surface area contributed by atoms with Gasteiger partial charge in [0.05, 0.1) is 5.60 Å². The van der Waals surface area contributed by atoms with E-state index in [-0.39, 0.29) is 0 Å². The van der Waals surface area contributed by atoms with Crippen molar-refractivity contribution in [1.29, 1.82) is 0 Å². The van der Waals surface area contributed by atoms with Crippen molar-refractivity contribution in [3.05, 3.63) is 0 Å². The molecule has 4 aliphatic rings. The zero-order valence-corrected chi connectivity index (χ0v) is 16.7. The van der Waals surface area contributed by atoms with E-state index in [1.807, 2.05) is 0 Å². The second kappa shape index (κ2) is 6.51. The summed E-state index contributed by atoms with van der Waals surface area (Å²) in [6.07, 6.45) is 12.9. The van der Waals surface area contributed by atoms with Gasteiger partial charge in [0, 0.05) is 6.61 Å². The average Bonchev–Trinajstić information content (AvgIpc) is 2.83. The maximum absolute atomic E-state index is 10.7. The van der Waals surface area contributed by atoms with Gasteiger partial charge in [-0.25, -0.2) is 0 Å². The Kier molecular flexibility index (Phi) is 4.77. The highest BCUT2D eigenvalue weighted by atomic mass is 16.3. The molecular weight excluding hydrogens is 308 g/mol. The van der Waals surface area contributed by atoms with Gasteiger partial charge in [0.15, 0.2) is 0 Å². The number of aliphatic hydroxyl groups is 2. The lowest BCUT2D eigenvalue weighted by Gasteiger charge is -2.55.